The lowest BCUT2D eigenvalue weighted by molar-refractivity contribution is 0.0835. The molecule has 2 aromatic carbocycles. The number of carbonyl (C=O) groups is 2. The van der Waals surface area contributed by atoms with Crippen molar-refractivity contribution in [3.05, 3.63) is 65.0 Å². The second kappa shape index (κ2) is 8.87. The van der Waals surface area contributed by atoms with Gasteiger partial charge in [-0.2, -0.15) is 0 Å². The Bertz CT molecular complexity index is 885. The zero-order chi connectivity index (χ0) is 20.2. The van der Waals surface area contributed by atoms with Crippen LogP contribution in [0.3, 0.4) is 0 Å². The molecule has 0 spiro atoms. The fraction of sp³-hybridized carbons (Fsp3) is 0.417. The summed E-state index contributed by atoms with van der Waals surface area (Å²) in [5.74, 6) is 0.893. The lowest BCUT2D eigenvalue weighted by atomic mass is 9.89. The van der Waals surface area contributed by atoms with E-state index in [1.165, 1.54) is 12.1 Å². The molecule has 0 aromatic heterocycles. The number of Topliss-reactive ketones (excluding diaryl/α,β-unsaturated/α-hetero) is 2. The third kappa shape index (κ3) is 4.56. The van der Waals surface area contributed by atoms with Crippen LogP contribution >= 0.6 is 0 Å². The van der Waals surface area contributed by atoms with Gasteiger partial charge in [-0.05, 0) is 69.1 Å². The first kappa shape index (κ1) is 19.8. The van der Waals surface area contributed by atoms with Gasteiger partial charge in [-0.25, -0.2) is 4.39 Å². The van der Waals surface area contributed by atoms with Gasteiger partial charge in [-0.1, -0.05) is 12.1 Å². The van der Waals surface area contributed by atoms with Crippen molar-refractivity contribution in [2.45, 2.75) is 32.1 Å². The minimum Gasteiger partial charge on any atom is -0.493 e. The molecule has 0 bridgehead atoms. The first-order valence-corrected chi connectivity index (χ1v) is 10.4. The van der Waals surface area contributed by atoms with Gasteiger partial charge < -0.3 is 9.64 Å². The van der Waals surface area contributed by atoms with Crippen LogP contribution in [-0.4, -0.2) is 42.7 Å². The summed E-state index contributed by atoms with van der Waals surface area (Å²) in [6, 6.07) is 11.6. The summed E-state index contributed by atoms with van der Waals surface area (Å²) < 4.78 is 19.0. The average molecular weight is 395 g/mol. The van der Waals surface area contributed by atoms with Crippen LogP contribution in [0, 0.1) is 11.7 Å². The minimum atomic E-state index is -0.314. The van der Waals surface area contributed by atoms with Crippen LogP contribution in [0.2, 0.25) is 0 Å². The molecule has 4 nitrogen and oxygen atoms in total. The van der Waals surface area contributed by atoms with Gasteiger partial charge in [0.15, 0.2) is 11.6 Å². The molecule has 2 aliphatic rings. The molecule has 1 heterocycles. The highest BCUT2D eigenvalue weighted by molar-refractivity contribution is 6.01. The third-order valence-corrected chi connectivity index (χ3v) is 6.00. The zero-order valence-electron chi connectivity index (χ0n) is 16.5. The highest BCUT2D eigenvalue weighted by Crippen LogP contribution is 2.30. The Morgan fingerprint density at radius 1 is 1.07 bits per heavy atom. The molecule has 0 radical (unpaired) electrons. The fourth-order valence-electron chi connectivity index (χ4n) is 4.33. The highest BCUT2D eigenvalue weighted by atomic mass is 19.1. The summed E-state index contributed by atoms with van der Waals surface area (Å²) >= 11 is 0. The van der Waals surface area contributed by atoms with Crippen LogP contribution in [0.1, 0.15) is 52.0 Å². The molecular weight excluding hydrogens is 369 g/mol. The third-order valence-electron chi connectivity index (χ3n) is 6.00. The first-order valence-electron chi connectivity index (χ1n) is 10.4. The van der Waals surface area contributed by atoms with E-state index < -0.39 is 0 Å². The van der Waals surface area contributed by atoms with Gasteiger partial charge in [-0.3, -0.25) is 9.59 Å². The van der Waals surface area contributed by atoms with E-state index in [9.17, 15) is 14.0 Å². The number of ketones is 2. The molecule has 0 N–H and O–H groups in total. The molecule has 29 heavy (non-hydrogen) atoms. The standard InChI is InChI=1S/C24H26FNO3/c25-19-7-5-17(6-8-19)24(28)18-11-14-26(15-12-18)13-2-16-29-23-4-1-3-20-21(23)9-10-22(20)27/h1,3-8,18H,2,9-16H2. The maximum absolute atomic E-state index is 13.0. The van der Waals surface area contributed by atoms with Crippen molar-refractivity contribution < 1.29 is 18.7 Å². The van der Waals surface area contributed by atoms with Gasteiger partial charge in [0.2, 0.25) is 0 Å². The summed E-state index contributed by atoms with van der Waals surface area (Å²) in [5.41, 5.74) is 2.47. The predicted molar refractivity (Wildman–Crippen MR) is 109 cm³/mol. The number of benzene rings is 2. The van der Waals surface area contributed by atoms with E-state index in [1.54, 1.807) is 12.1 Å². The highest BCUT2D eigenvalue weighted by Gasteiger charge is 2.26. The van der Waals surface area contributed by atoms with Crippen LogP contribution < -0.4 is 4.74 Å². The number of rotatable bonds is 7. The van der Waals surface area contributed by atoms with Crippen molar-refractivity contribution in [2.75, 3.05) is 26.2 Å². The number of carbonyl (C=O) groups excluding carboxylic acids is 2. The Labute approximate surface area is 170 Å². The van der Waals surface area contributed by atoms with Crippen LogP contribution in [0.5, 0.6) is 5.75 Å². The van der Waals surface area contributed by atoms with Gasteiger partial charge in [0.05, 0.1) is 6.61 Å². The van der Waals surface area contributed by atoms with Gasteiger partial charge >= 0.3 is 0 Å². The average Bonchev–Trinajstić information content (AvgIpc) is 3.13. The van der Waals surface area contributed by atoms with E-state index in [-0.39, 0.29) is 23.3 Å². The minimum absolute atomic E-state index is 0.0254. The van der Waals surface area contributed by atoms with Crippen molar-refractivity contribution in [3.8, 4) is 5.75 Å². The second-order valence-corrected chi connectivity index (χ2v) is 7.89. The number of piperidine rings is 1. The maximum atomic E-state index is 13.0. The molecule has 0 atom stereocenters. The topological polar surface area (TPSA) is 46.6 Å². The number of nitrogens with zero attached hydrogens (tertiary/aromatic N) is 1. The summed E-state index contributed by atoms with van der Waals surface area (Å²) in [6.07, 6.45) is 3.95. The number of hydrogen-bond donors (Lipinski definition) is 0. The predicted octanol–water partition coefficient (Wildman–Crippen LogP) is 4.32. The number of likely N-dealkylation sites (tertiary alicyclic amines) is 1. The Morgan fingerprint density at radius 3 is 2.59 bits per heavy atom. The fourth-order valence-corrected chi connectivity index (χ4v) is 4.33. The Kier molecular flexibility index (Phi) is 6.05. The molecule has 1 aliphatic heterocycles. The number of halogens is 1. The molecule has 0 unspecified atom stereocenters. The molecule has 152 valence electrons. The van der Waals surface area contributed by atoms with E-state index in [0.717, 1.165) is 62.2 Å². The zero-order valence-corrected chi connectivity index (χ0v) is 16.5. The Balaban J connectivity index is 1.20. The van der Waals surface area contributed by atoms with Crippen molar-refractivity contribution in [2.24, 2.45) is 5.92 Å². The van der Waals surface area contributed by atoms with Crippen molar-refractivity contribution in [1.29, 1.82) is 0 Å². The normalized spacial score (nSPS) is 17.3. The van der Waals surface area contributed by atoms with Gasteiger partial charge in [-0.15, -0.1) is 0 Å². The lowest BCUT2D eigenvalue weighted by Crippen LogP contribution is -2.37. The van der Waals surface area contributed by atoms with Gasteiger partial charge in [0, 0.05) is 35.6 Å². The van der Waals surface area contributed by atoms with Crippen LogP contribution in [0.4, 0.5) is 4.39 Å². The van der Waals surface area contributed by atoms with E-state index in [1.807, 2.05) is 18.2 Å². The quantitative estimate of drug-likeness (QED) is 0.517. The van der Waals surface area contributed by atoms with Crippen LogP contribution in [0.15, 0.2) is 42.5 Å². The number of hydrogen-bond acceptors (Lipinski definition) is 4. The molecule has 2 aromatic rings. The number of ether oxygens (including phenoxy) is 1. The molecule has 0 amide bonds. The smallest absolute Gasteiger partial charge is 0.166 e. The molecular formula is C24H26FNO3. The van der Waals surface area contributed by atoms with Gasteiger partial charge in [0.25, 0.3) is 0 Å². The Morgan fingerprint density at radius 2 is 1.83 bits per heavy atom. The van der Waals surface area contributed by atoms with E-state index >= 15 is 0 Å². The van der Waals surface area contributed by atoms with E-state index in [4.69, 9.17) is 4.74 Å². The van der Waals surface area contributed by atoms with Gasteiger partial charge in [0.1, 0.15) is 11.6 Å². The molecule has 5 heteroatoms. The summed E-state index contributed by atoms with van der Waals surface area (Å²) in [6.45, 7) is 3.35. The van der Waals surface area contributed by atoms with Crippen molar-refractivity contribution in [1.82, 2.24) is 4.90 Å². The lowest BCUT2D eigenvalue weighted by Gasteiger charge is -2.31. The first-order chi connectivity index (χ1) is 14.1. The number of fused-ring (bicyclic) bond motifs is 1. The molecule has 4 rings (SSSR count). The largest absolute Gasteiger partial charge is 0.493 e. The SMILES string of the molecule is O=C1CCc2c(OCCCN3CCC(C(=O)c4ccc(F)cc4)CC3)cccc21. The van der Waals surface area contributed by atoms with E-state index in [0.29, 0.717) is 18.6 Å². The van der Waals surface area contributed by atoms with Crippen molar-refractivity contribution in [3.63, 3.8) is 0 Å². The molecule has 1 saturated heterocycles. The van der Waals surface area contributed by atoms with Crippen LogP contribution in [-0.2, 0) is 6.42 Å². The van der Waals surface area contributed by atoms with E-state index in [2.05, 4.69) is 4.90 Å². The maximum Gasteiger partial charge on any atom is 0.166 e. The second-order valence-electron chi connectivity index (χ2n) is 7.89. The molecule has 0 saturated carbocycles. The molecule has 1 fully saturated rings. The molecule has 1 aliphatic carbocycles. The summed E-state index contributed by atoms with van der Waals surface area (Å²) in [7, 11) is 0. The summed E-state index contributed by atoms with van der Waals surface area (Å²) in [4.78, 5) is 26.8. The van der Waals surface area contributed by atoms with Crippen LogP contribution in [0.25, 0.3) is 0 Å². The Hall–Kier alpha value is -2.53. The summed E-state index contributed by atoms with van der Waals surface area (Å²) in [5, 5.41) is 0. The van der Waals surface area contributed by atoms with Crippen molar-refractivity contribution >= 4 is 11.6 Å². The monoisotopic (exact) mass is 395 g/mol.